The first-order chi connectivity index (χ1) is 15.7. The van der Waals surface area contributed by atoms with Crippen LogP contribution in [0.3, 0.4) is 0 Å². The van der Waals surface area contributed by atoms with Crippen LogP contribution in [-0.4, -0.2) is 17.5 Å². The van der Waals surface area contributed by atoms with E-state index < -0.39 is 17.6 Å². The standard InChI is InChI=1S/C23H17ClF3N3O2S/c1-2-32-15-9-7-14(8-10-15)29-21(31)20-19(28)18-16(23(25,26)27)11-17(30-22(18)33-20)12-3-5-13(24)6-4-12/h3-11H,2,28H2,1H3,(H,29,31). The van der Waals surface area contributed by atoms with Gasteiger partial charge in [0.2, 0.25) is 0 Å². The van der Waals surface area contributed by atoms with Crippen molar-refractivity contribution in [2.24, 2.45) is 0 Å². The zero-order valence-electron chi connectivity index (χ0n) is 17.2. The number of aromatic nitrogens is 1. The van der Waals surface area contributed by atoms with E-state index in [1.54, 1.807) is 48.5 Å². The summed E-state index contributed by atoms with van der Waals surface area (Å²) in [6, 6.07) is 13.8. The van der Waals surface area contributed by atoms with Crippen LogP contribution in [0.1, 0.15) is 22.2 Å². The lowest BCUT2D eigenvalue weighted by Gasteiger charge is -2.11. The SMILES string of the molecule is CCOc1ccc(NC(=O)c2sc3nc(-c4ccc(Cl)cc4)cc(C(F)(F)F)c3c2N)cc1. The molecule has 0 atom stereocenters. The molecule has 2 heterocycles. The molecular formula is C23H17ClF3N3O2S. The van der Waals surface area contributed by atoms with E-state index in [4.69, 9.17) is 22.1 Å². The van der Waals surface area contributed by atoms with Gasteiger partial charge in [-0.25, -0.2) is 4.98 Å². The van der Waals surface area contributed by atoms with E-state index in [1.807, 2.05) is 6.92 Å². The number of rotatable bonds is 5. The molecule has 4 aromatic rings. The largest absolute Gasteiger partial charge is 0.494 e. The zero-order valence-corrected chi connectivity index (χ0v) is 18.7. The van der Waals surface area contributed by atoms with Crippen molar-refractivity contribution < 1.29 is 22.7 Å². The van der Waals surface area contributed by atoms with Gasteiger partial charge in [0.25, 0.3) is 5.91 Å². The molecule has 0 fully saturated rings. The second kappa shape index (κ2) is 8.92. The maximum absolute atomic E-state index is 13.9. The summed E-state index contributed by atoms with van der Waals surface area (Å²) in [7, 11) is 0. The molecule has 0 spiro atoms. The summed E-state index contributed by atoms with van der Waals surface area (Å²) in [5, 5.41) is 2.81. The Morgan fingerprint density at radius 3 is 2.42 bits per heavy atom. The van der Waals surface area contributed by atoms with E-state index in [0.29, 0.717) is 28.6 Å². The molecule has 0 radical (unpaired) electrons. The molecule has 3 N–H and O–H groups in total. The molecular weight excluding hydrogens is 475 g/mol. The normalized spacial score (nSPS) is 11.5. The number of hydrogen-bond donors (Lipinski definition) is 2. The molecule has 33 heavy (non-hydrogen) atoms. The molecule has 0 aliphatic carbocycles. The van der Waals surface area contributed by atoms with Crippen LogP contribution in [0, 0.1) is 0 Å². The predicted octanol–water partition coefficient (Wildman–Crippen LogP) is 6.87. The summed E-state index contributed by atoms with van der Waals surface area (Å²) in [4.78, 5) is 17.2. The summed E-state index contributed by atoms with van der Waals surface area (Å²) in [6.07, 6.45) is -4.69. The highest BCUT2D eigenvalue weighted by Crippen LogP contribution is 2.43. The molecule has 2 aromatic carbocycles. The molecule has 0 saturated heterocycles. The van der Waals surface area contributed by atoms with Gasteiger partial charge < -0.3 is 15.8 Å². The van der Waals surface area contributed by atoms with Crippen molar-refractivity contribution >= 4 is 50.4 Å². The molecule has 170 valence electrons. The van der Waals surface area contributed by atoms with Crippen molar-refractivity contribution in [2.75, 3.05) is 17.7 Å². The number of nitrogens with zero attached hydrogens (tertiary/aromatic N) is 1. The molecule has 0 aliphatic rings. The maximum Gasteiger partial charge on any atom is 0.417 e. The monoisotopic (exact) mass is 491 g/mol. The number of nitrogen functional groups attached to an aromatic ring is 1. The number of hydrogen-bond acceptors (Lipinski definition) is 5. The summed E-state index contributed by atoms with van der Waals surface area (Å²) >= 11 is 6.69. The first-order valence-electron chi connectivity index (χ1n) is 9.77. The molecule has 10 heteroatoms. The topological polar surface area (TPSA) is 77.2 Å². The highest BCUT2D eigenvalue weighted by atomic mass is 35.5. The molecule has 0 bridgehead atoms. The van der Waals surface area contributed by atoms with Gasteiger partial charge in [-0.05, 0) is 49.4 Å². The number of halogens is 4. The van der Waals surface area contributed by atoms with E-state index >= 15 is 0 Å². The van der Waals surface area contributed by atoms with Gasteiger partial charge >= 0.3 is 6.18 Å². The van der Waals surface area contributed by atoms with Crippen LogP contribution in [0.5, 0.6) is 5.75 Å². The van der Waals surface area contributed by atoms with Crippen LogP contribution in [0.2, 0.25) is 5.02 Å². The number of nitrogens with two attached hydrogens (primary N) is 1. The lowest BCUT2D eigenvalue weighted by atomic mass is 10.1. The Labute approximate surface area is 196 Å². The third-order valence-electron chi connectivity index (χ3n) is 4.77. The fraction of sp³-hybridized carbons (Fsp3) is 0.130. The van der Waals surface area contributed by atoms with Crippen LogP contribution in [0.15, 0.2) is 54.6 Å². The van der Waals surface area contributed by atoms with Gasteiger partial charge in [0.05, 0.1) is 23.6 Å². The average Bonchev–Trinajstić information content (AvgIpc) is 3.11. The number of anilines is 2. The fourth-order valence-corrected chi connectivity index (χ4v) is 4.41. The quantitative estimate of drug-likeness (QED) is 0.319. The third kappa shape index (κ3) is 4.74. The van der Waals surface area contributed by atoms with Crippen molar-refractivity contribution in [1.29, 1.82) is 0 Å². The van der Waals surface area contributed by atoms with E-state index in [-0.39, 0.29) is 26.5 Å². The van der Waals surface area contributed by atoms with Crippen LogP contribution in [0.4, 0.5) is 24.5 Å². The molecule has 0 unspecified atom stereocenters. The minimum Gasteiger partial charge on any atom is -0.494 e. The first kappa shape index (κ1) is 22.9. The van der Waals surface area contributed by atoms with E-state index in [0.717, 1.165) is 17.4 Å². The number of benzene rings is 2. The summed E-state index contributed by atoms with van der Waals surface area (Å²) in [6.45, 7) is 2.35. The fourth-order valence-electron chi connectivity index (χ4n) is 3.27. The van der Waals surface area contributed by atoms with Gasteiger partial charge in [-0.2, -0.15) is 13.2 Å². The van der Waals surface area contributed by atoms with Crippen molar-refractivity contribution in [1.82, 2.24) is 4.98 Å². The van der Waals surface area contributed by atoms with E-state index in [1.165, 1.54) is 0 Å². The summed E-state index contributed by atoms with van der Waals surface area (Å²) < 4.78 is 47.1. The van der Waals surface area contributed by atoms with Crippen molar-refractivity contribution in [2.45, 2.75) is 13.1 Å². The van der Waals surface area contributed by atoms with Crippen molar-refractivity contribution in [3.63, 3.8) is 0 Å². The van der Waals surface area contributed by atoms with Gasteiger partial charge in [-0.15, -0.1) is 11.3 Å². The Balaban J connectivity index is 1.76. The van der Waals surface area contributed by atoms with Gasteiger partial charge in [0.1, 0.15) is 15.5 Å². The molecule has 0 saturated carbocycles. The summed E-state index contributed by atoms with van der Waals surface area (Å²) in [5.74, 6) is 0.00597. The number of alkyl halides is 3. The number of pyridine rings is 1. The van der Waals surface area contributed by atoms with Crippen LogP contribution in [0.25, 0.3) is 21.5 Å². The van der Waals surface area contributed by atoms with Crippen molar-refractivity contribution in [3.05, 3.63) is 70.1 Å². The maximum atomic E-state index is 13.9. The van der Waals surface area contributed by atoms with Crippen molar-refractivity contribution in [3.8, 4) is 17.0 Å². The number of carbonyl (C=O) groups is 1. The number of thiophene rings is 1. The second-order valence-corrected chi connectivity index (χ2v) is 8.43. The summed E-state index contributed by atoms with van der Waals surface area (Å²) in [5.41, 5.74) is 5.83. The highest BCUT2D eigenvalue weighted by Gasteiger charge is 2.36. The first-order valence-corrected chi connectivity index (χ1v) is 11.0. The Morgan fingerprint density at radius 1 is 1.15 bits per heavy atom. The Kier molecular flexibility index (Phi) is 6.18. The third-order valence-corrected chi connectivity index (χ3v) is 6.12. The Morgan fingerprint density at radius 2 is 1.82 bits per heavy atom. The number of nitrogens with one attached hydrogen (secondary N) is 1. The second-order valence-electron chi connectivity index (χ2n) is 7.00. The Bertz CT molecular complexity index is 1320. The lowest BCUT2D eigenvalue weighted by molar-refractivity contribution is -0.136. The van der Waals surface area contributed by atoms with Gasteiger partial charge in [-0.3, -0.25) is 4.79 Å². The number of amides is 1. The zero-order chi connectivity index (χ0) is 23.8. The van der Waals surface area contributed by atoms with Gasteiger partial charge in [0, 0.05) is 21.7 Å². The van der Waals surface area contributed by atoms with E-state index in [9.17, 15) is 18.0 Å². The molecule has 5 nitrogen and oxygen atoms in total. The van der Waals surface area contributed by atoms with Crippen LogP contribution >= 0.6 is 22.9 Å². The lowest BCUT2D eigenvalue weighted by Crippen LogP contribution is -2.12. The molecule has 0 aliphatic heterocycles. The molecule has 2 aromatic heterocycles. The Hall–Kier alpha value is -3.30. The number of carbonyl (C=O) groups excluding carboxylic acids is 1. The minimum absolute atomic E-state index is 0.0177. The smallest absolute Gasteiger partial charge is 0.417 e. The van der Waals surface area contributed by atoms with E-state index in [2.05, 4.69) is 10.3 Å². The van der Waals surface area contributed by atoms with Gasteiger partial charge in [-0.1, -0.05) is 23.7 Å². The molecule has 4 rings (SSSR count). The minimum atomic E-state index is -4.69. The molecule has 1 amide bonds. The predicted molar refractivity (Wildman–Crippen MR) is 125 cm³/mol. The van der Waals surface area contributed by atoms with Crippen LogP contribution < -0.4 is 15.8 Å². The van der Waals surface area contributed by atoms with Gasteiger partial charge in [0.15, 0.2) is 0 Å². The number of fused-ring (bicyclic) bond motifs is 1. The average molecular weight is 492 g/mol. The highest BCUT2D eigenvalue weighted by molar-refractivity contribution is 7.21. The van der Waals surface area contributed by atoms with Crippen LogP contribution in [-0.2, 0) is 6.18 Å². The number of ether oxygens (including phenoxy) is 1.